The van der Waals surface area contributed by atoms with Crippen LogP contribution in [0.4, 0.5) is 0 Å². The minimum atomic E-state index is -0.187. The third-order valence-corrected chi connectivity index (χ3v) is 4.48. The van der Waals surface area contributed by atoms with Gasteiger partial charge in [0.2, 0.25) is 0 Å². The van der Waals surface area contributed by atoms with Gasteiger partial charge in [-0.3, -0.25) is 4.79 Å². The summed E-state index contributed by atoms with van der Waals surface area (Å²) in [5.74, 6) is 1.14. The predicted molar refractivity (Wildman–Crippen MR) is 105 cm³/mol. The van der Waals surface area contributed by atoms with E-state index in [2.05, 4.69) is 10.5 Å². The molecule has 0 aliphatic heterocycles. The maximum Gasteiger partial charge on any atom is 0.257 e. The monoisotopic (exact) mass is 364 g/mol. The highest BCUT2D eigenvalue weighted by molar-refractivity contribution is 6.00. The lowest BCUT2D eigenvalue weighted by molar-refractivity contribution is 0.0939. The van der Waals surface area contributed by atoms with Crippen LogP contribution in [0.25, 0.3) is 11.3 Å². The van der Waals surface area contributed by atoms with Crippen molar-refractivity contribution in [2.75, 3.05) is 7.11 Å². The van der Waals surface area contributed by atoms with Crippen molar-refractivity contribution in [1.82, 2.24) is 10.5 Å². The molecule has 3 rings (SSSR count). The summed E-state index contributed by atoms with van der Waals surface area (Å²) in [4.78, 5) is 12.9. The van der Waals surface area contributed by atoms with Crippen LogP contribution in [0, 0.1) is 13.8 Å². The van der Waals surface area contributed by atoms with Crippen LogP contribution in [0.15, 0.2) is 53.1 Å². The summed E-state index contributed by atoms with van der Waals surface area (Å²) in [5.41, 5.74) is 4.07. The Morgan fingerprint density at radius 1 is 1.19 bits per heavy atom. The Labute approximate surface area is 159 Å². The van der Waals surface area contributed by atoms with Crippen LogP contribution in [0.3, 0.4) is 0 Å². The fourth-order valence-electron chi connectivity index (χ4n) is 3.18. The minimum absolute atomic E-state index is 0.0755. The molecule has 5 nitrogen and oxygen atoms in total. The zero-order chi connectivity index (χ0) is 19.4. The van der Waals surface area contributed by atoms with E-state index in [0.29, 0.717) is 23.4 Å². The van der Waals surface area contributed by atoms with E-state index in [4.69, 9.17) is 9.26 Å². The number of carbonyl (C=O) groups excluding carboxylic acids is 1. The van der Waals surface area contributed by atoms with Crippen molar-refractivity contribution in [1.29, 1.82) is 0 Å². The number of ether oxygens (including phenoxy) is 1. The number of aromatic nitrogens is 1. The fraction of sp³-hybridized carbons (Fsp3) is 0.273. The van der Waals surface area contributed by atoms with Crippen LogP contribution >= 0.6 is 0 Å². The van der Waals surface area contributed by atoms with Crippen LogP contribution in [0.5, 0.6) is 5.75 Å². The highest BCUT2D eigenvalue weighted by atomic mass is 16.5. The molecule has 3 aromatic rings. The van der Waals surface area contributed by atoms with Crippen LogP contribution in [-0.2, 0) is 6.42 Å². The number of nitrogens with one attached hydrogen (secondary N) is 1. The Bertz CT molecular complexity index is 946. The molecule has 5 heteroatoms. The topological polar surface area (TPSA) is 64.4 Å². The Kier molecular flexibility index (Phi) is 5.60. The van der Waals surface area contributed by atoms with Crippen LogP contribution in [0.2, 0.25) is 0 Å². The van der Waals surface area contributed by atoms with Gasteiger partial charge in [0.25, 0.3) is 5.91 Å². The van der Waals surface area contributed by atoms with E-state index in [0.717, 1.165) is 22.4 Å². The van der Waals surface area contributed by atoms with Crippen molar-refractivity contribution in [3.05, 3.63) is 71.0 Å². The largest absolute Gasteiger partial charge is 0.496 e. The summed E-state index contributed by atoms with van der Waals surface area (Å²) in [6, 6.07) is 15.6. The van der Waals surface area contributed by atoms with Crippen molar-refractivity contribution >= 4 is 5.91 Å². The first-order chi connectivity index (χ1) is 13.0. The standard InChI is InChI=1S/C22H24N2O3/c1-14-8-7-10-18(12-14)21-20(16(3)27-24-21)22(25)23-15(2)13-17-9-5-6-11-19(17)26-4/h5-12,15H,13H2,1-4H3,(H,23,25). The number of rotatable bonds is 6. The van der Waals surface area contributed by atoms with Gasteiger partial charge in [0.15, 0.2) is 0 Å². The SMILES string of the molecule is COc1ccccc1CC(C)NC(=O)c1c(-c2cccc(C)c2)noc1C. The molecular formula is C22H24N2O3. The molecule has 1 aromatic heterocycles. The third-order valence-electron chi connectivity index (χ3n) is 4.48. The third kappa shape index (κ3) is 4.19. The molecule has 1 heterocycles. The van der Waals surface area contributed by atoms with E-state index in [-0.39, 0.29) is 11.9 Å². The van der Waals surface area contributed by atoms with Crippen molar-refractivity contribution in [2.24, 2.45) is 0 Å². The van der Waals surface area contributed by atoms with E-state index in [1.807, 2.05) is 62.4 Å². The lowest BCUT2D eigenvalue weighted by Crippen LogP contribution is -2.34. The smallest absolute Gasteiger partial charge is 0.257 e. The summed E-state index contributed by atoms with van der Waals surface area (Å²) in [6.07, 6.45) is 0.667. The molecule has 1 unspecified atom stereocenters. The Balaban J connectivity index is 1.79. The lowest BCUT2D eigenvalue weighted by Gasteiger charge is -2.16. The van der Waals surface area contributed by atoms with Gasteiger partial charge in [-0.1, -0.05) is 47.1 Å². The minimum Gasteiger partial charge on any atom is -0.496 e. The summed E-state index contributed by atoms with van der Waals surface area (Å²) in [7, 11) is 1.65. The molecule has 0 aliphatic carbocycles. The number of aryl methyl sites for hydroxylation is 2. The van der Waals surface area contributed by atoms with Crippen LogP contribution < -0.4 is 10.1 Å². The van der Waals surface area contributed by atoms with Crippen molar-refractivity contribution < 1.29 is 14.1 Å². The van der Waals surface area contributed by atoms with Gasteiger partial charge in [-0.2, -0.15) is 0 Å². The molecule has 1 amide bonds. The van der Waals surface area contributed by atoms with Gasteiger partial charge in [-0.05, 0) is 44.9 Å². The molecular weight excluding hydrogens is 340 g/mol. The molecule has 0 fully saturated rings. The summed E-state index contributed by atoms with van der Waals surface area (Å²) in [5, 5.41) is 7.16. The number of carbonyl (C=O) groups is 1. The number of hydrogen-bond acceptors (Lipinski definition) is 4. The Morgan fingerprint density at radius 3 is 2.70 bits per heavy atom. The highest BCUT2D eigenvalue weighted by Crippen LogP contribution is 2.26. The molecule has 1 N–H and O–H groups in total. The molecule has 0 saturated carbocycles. The Morgan fingerprint density at radius 2 is 1.96 bits per heavy atom. The summed E-state index contributed by atoms with van der Waals surface area (Å²) in [6.45, 7) is 5.73. The van der Waals surface area contributed by atoms with Crippen LogP contribution in [0.1, 0.15) is 34.2 Å². The van der Waals surface area contributed by atoms with Gasteiger partial charge >= 0.3 is 0 Å². The molecule has 1 atom stereocenters. The Hall–Kier alpha value is -3.08. The number of nitrogens with zero attached hydrogens (tertiary/aromatic N) is 1. The van der Waals surface area contributed by atoms with E-state index < -0.39 is 0 Å². The zero-order valence-corrected chi connectivity index (χ0v) is 16.1. The maximum absolute atomic E-state index is 12.9. The van der Waals surface area contributed by atoms with Gasteiger partial charge in [-0.25, -0.2) is 0 Å². The molecule has 0 radical (unpaired) electrons. The predicted octanol–water partition coefficient (Wildman–Crippen LogP) is 4.33. The van der Waals surface area contributed by atoms with Gasteiger partial charge in [0.05, 0.1) is 7.11 Å². The second-order valence-electron chi connectivity index (χ2n) is 6.72. The van der Waals surface area contributed by atoms with Gasteiger partial charge in [-0.15, -0.1) is 0 Å². The second-order valence-corrected chi connectivity index (χ2v) is 6.72. The number of methoxy groups -OCH3 is 1. The average molecular weight is 364 g/mol. The quantitative estimate of drug-likeness (QED) is 0.707. The van der Waals surface area contributed by atoms with Crippen molar-refractivity contribution in [3.8, 4) is 17.0 Å². The first kappa shape index (κ1) is 18.7. The normalized spacial score (nSPS) is 11.9. The first-order valence-corrected chi connectivity index (χ1v) is 8.95. The van der Waals surface area contributed by atoms with Gasteiger partial charge in [0.1, 0.15) is 22.8 Å². The van der Waals surface area contributed by atoms with Crippen molar-refractivity contribution in [3.63, 3.8) is 0 Å². The first-order valence-electron chi connectivity index (χ1n) is 8.95. The average Bonchev–Trinajstić information content (AvgIpc) is 3.03. The van der Waals surface area contributed by atoms with E-state index in [1.165, 1.54) is 0 Å². The molecule has 27 heavy (non-hydrogen) atoms. The van der Waals surface area contributed by atoms with E-state index >= 15 is 0 Å². The fourth-order valence-corrected chi connectivity index (χ4v) is 3.18. The van der Waals surface area contributed by atoms with E-state index in [9.17, 15) is 4.79 Å². The van der Waals surface area contributed by atoms with Gasteiger partial charge in [0, 0.05) is 11.6 Å². The molecule has 0 bridgehead atoms. The molecule has 0 spiro atoms. The molecule has 0 aliphatic rings. The number of hydrogen-bond donors (Lipinski definition) is 1. The van der Waals surface area contributed by atoms with Crippen LogP contribution in [-0.4, -0.2) is 24.2 Å². The summed E-state index contributed by atoms with van der Waals surface area (Å²) < 4.78 is 10.7. The number of amides is 1. The zero-order valence-electron chi connectivity index (χ0n) is 16.1. The van der Waals surface area contributed by atoms with Crippen molar-refractivity contribution in [2.45, 2.75) is 33.2 Å². The molecule has 140 valence electrons. The number of benzene rings is 2. The highest BCUT2D eigenvalue weighted by Gasteiger charge is 2.23. The maximum atomic E-state index is 12.9. The molecule has 2 aromatic carbocycles. The summed E-state index contributed by atoms with van der Waals surface area (Å²) >= 11 is 0. The lowest BCUT2D eigenvalue weighted by atomic mass is 10.0. The molecule has 0 saturated heterocycles. The van der Waals surface area contributed by atoms with Gasteiger partial charge < -0.3 is 14.6 Å². The number of para-hydroxylation sites is 1. The second kappa shape index (κ2) is 8.08. The van der Waals surface area contributed by atoms with E-state index in [1.54, 1.807) is 14.0 Å².